The summed E-state index contributed by atoms with van der Waals surface area (Å²) in [7, 11) is 0. The topological polar surface area (TPSA) is 36.4 Å². The maximum atomic E-state index is 14.5. The third kappa shape index (κ3) is 3.94. The van der Waals surface area contributed by atoms with Gasteiger partial charge in [-0.05, 0) is 38.0 Å². The molecule has 1 heterocycles. The number of benzene rings is 1. The number of rotatable bonds is 5. The first-order valence-corrected chi connectivity index (χ1v) is 7.25. The quantitative estimate of drug-likeness (QED) is 0.839. The van der Waals surface area contributed by atoms with Crippen LogP contribution in [0.3, 0.4) is 0 Å². The number of allylic oxidation sites excluding steroid dienone is 1. The van der Waals surface area contributed by atoms with Crippen LogP contribution in [0.2, 0.25) is 0 Å². The van der Waals surface area contributed by atoms with Crippen molar-refractivity contribution in [2.45, 2.75) is 39.3 Å². The van der Waals surface area contributed by atoms with E-state index in [0.717, 1.165) is 29.1 Å². The fourth-order valence-electron chi connectivity index (χ4n) is 2.29. The lowest BCUT2D eigenvalue weighted by molar-refractivity contribution is 0.175. The smallest absolute Gasteiger partial charge is 0.133 e. The van der Waals surface area contributed by atoms with Crippen LogP contribution in [0.4, 0.5) is 10.1 Å². The van der Waals surface area contributed by atoms with Gasteiger partial charge in [-0.2, -0.15) is 0 Å². The van der Waals surface area contributed by atoms with E-state index in [4.69, 9.17) is 0 Å². The SMILES string of the molecule is CCCC(C)(F)c1ccc(NC2=CNC=CN=C2C)cc1. The number of alkyl halides is 1. The van der Waals surface area contributed by atoms with Gasteiger partial charge in [0.2, 0.25) is 0 Å². The van der Waals surface area contributed by atoms with E-state index in [0.29, 0.717) is 6.42 Å². The number of nitrogens with one attached hydrogen (secondary N) is 2. The van der Waals surface area contributed by atoms with Gasteiger partial charge in [0.1, 0.15) is 5.67 Å². The van der Waals surface area contributed by atoms with Crippen molar-refractivity contribution in [3.05, 3.63) is 54.1 Å². The van der Waals surface area contributed by atoms with Crippen LogP contribution in [0, 0.1) is 0 Å². The molecule has 0 bridgehead atoms. The van der Waals surface area contributed by atoms with E-state index in [1.165, 1.54) is 0 Å². The maximum absolute atomic E-state index is 14.5. The molecular formula is C17H22FN3. The molecule has 2 rings (SSSR count). The summed E-state index contributed by atoms with van der Waals surface area (Å²) >= 11 is 0. The molecule has 2 N–H and O–H groups in total. The minimum absolute atomic E-state index is 0.534. The van der Waals surface area contributed by atoms with Gasteiger partial charge < -0.3 is 10.6 Å². The summed E-state index contributed by atoms with van der Waals surface area (Å²) in [6.07, 6.45) is 6.69. The van der Waals surface area contributed by atoms with Crippen LogP contribution in [-0.2, 0) is 5.67 Å². The van der Waals surface area contributed by atoms with Crippen LogP contribution in [-0.4, -0.2) is 5.71 Å². The van der Waals surface area contributed by atoms with Gasteiger partial charge in [-0.1, -0.05) is 25.5 Å². The van der Waals surface area contributed by atoms with Crippen LogP contribution >= 0.6 is 0 Å². The minimum atomic E-state index is -1.27. The Hall–Kier alpha value is -2.10. The van der Waals surface area contributed by atoms with E-state index in [-0.39, 0.29) is 0 Å². The van der Waals surface area contributed by atoms with E-state index in [1.807, 2.05) is 44.3 Å². The Labute approximate surface area is 125 Å². The van der Waals surface area contributed by atoms with E-state index in [2.05, 4.69) is 15.6 Å². The lowest BCUT2D eigenvalue weighted by Crippen LogP contribution is -2.15. The molecule has 1 unspecified atom stereocenters. The molecule has 0 radical (unpaired) electrons. The van der Waals surface area contributed by atoms with Gasteiger partial charge in [0.15, 0.2) is 0 Å². The first-order valence-electron chi connectivity index (χ1n) is 7.25. The molecular weight excluding hydrogens is 265 g/mol. The van der Waals surface area contributed by atoms with E-state index in [9.17, 15) is 4.39 Å². The fraction of sp³-hybridized carbons (Fsp3) is 0.353. The predicted octanol–water partition coefficient (Wildman–Crippen LogP) is 4.46. The molecule has 0 spiro atoms. The molecule has 0 aliphatic carbocycles. The summed E-state index contributed by atoms with van der Waals surface area (Å²) in [5, 5.41) is 6.31. The molecule has 0 fully saturated rings. The molecule has 3 nitrogen and oxygen atoms in total. The van der Waals surface area contributed by atoms with Crippen molar-refractivity contribution in [2.24, 2.45) is 4.99 Å². The van der Waals surface area contributed by atoms with Crippen molar-refractivity contribution in [1.29, 1.82) is 0 Å². The number of hydrogen-bond donors (Lipinski definition) is 2. The molecule has 1 aliphatic heterocycles. The lowest BCUT2D eigenvalue weighted by atomic mass is 9.93. The predicted molar refractivity (Wildman–Crippen MR) is 86.9 cm³/mol. The van der Waals surface area contributed by atoms with Crippen molar-refractivity contribution >= 4 is 11.4 Å². The largest absolute Gasteiger partial charge is 0.364 e. The van der Waals surface area contributed by atoms with Crippen molar-refractivity contribution in [2.75, 3.05) is 5.32 Å². The Kier molecular flexibility index (Phi) is 4.78. The van der Waals surface area contributed by atoms with Gasteiger partial charge in [-0.3, -0.25) is 4.99 Å². The number of halogens is 1. The Morgan fingerprint density at radius 1 is 1.29 bits per heavy atom. The molecule has 0 saturated carbocycles. The van der Waals surface area contributed by atoms with Gasteiger partial charge in [0, 0.05) is 24.3 Å². The molecule has 1 aromatic carbocycles. The van der Waals surface area contributed by atoms with Gasteiger partial charge in [-0.25, -0.2) is 4.39 Å². The fourth-order valence-corrected chi connectivity index (χ4v) is 2.29. The number of aliphatic imine (C=N–C) groups is 1. The highest BCUT2D eigenvalue weighted by Gasteiger charge is 2.24. The Balaban J connectivity index is 2.11. The first kappa shape index (κ1) is 15.3. The van der Waals surface area contributed by atoms with Gasteiger partial charge in [0.05, 0.1) is 11.4 Å². The Morgan fingerprint density at radius 2 is 2.00 bits per heavy atom. The average Bonchev–Trinajstić information content (AvgIpc) is 2.65. The maximum Gasteiger partial charge on any atom is 0.133 e. The summed E-state index contributed by atoms with van der Waals surface area (Å²) in [6.45, 7) is 5.57. The van der Waals surface area contributed by atoms with Gasteiger partial charge >= 0.3 is 0 Å². The molecule has 0 saturated heterocycles. The van der Waals surface area contributed by atoms with Crippen molar-refractivity contribution in [3.8, 4) is 0 Å². The van der Waals surface area contributed by atoms with Gasteiger partial charge in [-0.15, -0.1) is 0 Å². The second kappa shape index (κ2) is 6.57. The molecule has 21 heavy (non-hydrogen) atoms. The van der Waals surface area contributed by atoms with Gasteiger partial charge in [0.25, 0.3) is 0 Å². The Bertz CT molecular complexity index is 568. The van der Waals surface area contributed by atoms with E-state index >= 15 is 0 Å². The summed E-state index contributed by atoms with van der Waals surface area (Å²) in [6, 6.07) is 7.48. The van der Waals surface area contributed by atoms with E-state index < -0.39 is 5.67 Å². The molecule has 112 valence electrons. The zero-order valence-corrected chi connectivity index (χ0v) is 12.8. The summed E-state index contributed by atoms with van der Waals surface area (Å²) in [5.74, 6) is 0. The summed E-state index contributed by atoms with van der Waals surface area (Å²) in [4.78, 5) is 4.27. The molecule has 1 aliphatic rings. The van der Waals surface area contributed by atoms with Crippen LogP contribution < -0.4 is 10.6 Å². The standard InChI is InChI=1S/C17H22FN3/c1-4-9-17(3,18)14-5-7-15(8-6-14)21-16-12-19-10-11-20-13(16)2/h5-8,10-12,19,21H,4,9H2,1-3H3. The normalized spacial score (nSPS) is 17.1. The number of nitrogens with zero attached hydrogens (tertiary/aromatic N) is 1. The van der Waals surface area contributed by atoms with Crippen molar-refractivity contribution < 1.29 is 4.39 Å². The second-order valence-corrected chi connectivity index (χ2v) is 5.40. The first-order chi connectivity index (χ1) is 10.0. The summed E-state index contributed by atoms with van der Waals surface area (Å²) in [5.41, 5.74) is 2.15. The summed E-state index contributed by atoms with van der Waals surface area (Å²) < 4.78 is 14.5. The third-order valence-electron chi connectivity index (χ3n) is 3.54. The lowest BCUT2D eigenvalue weighted by Gasteiger charge is -2.20. The molecule has 4 heteroatoms. The zero-order valence-electron chi connectivity index (χ0n) is 12.8. The van der Waals surface area contributed by atoms with Crippen LogP contribution in [0.1, 0.15) is 39.2 Å². The molecule has 1 aromatic rings. The average molecular weight is 287 g/mol. The van der Waals surface area contributed by atoms with Crippen LogP contribution in [0.25, 0.3) is 0 Å². The highest BCUT2D eigenvalue weighted by Crippen LogP contribution is 2.31. The minimum Gasteiger partial charge on any atom is -0.364 e. The number of anilines is 1. The van der Waals surface area contributed by atoms with Crippen LogP contribution in [0.15, 0.2) is 53.6 Å². The van der Waals surface area contributed by atoms with Crippen LogP contribution in [0.5, 0.6) is 0 Å². The zero-order chi connectivity index (χ0) is 15.3. The monoisotopic (exact) mass is 287 g/mol. The molecule has 0 amide bonds. The second-order valence-electron chi connectivity index (χ2n) is 5.40. The highest BCUT2D eigenvalue weighted by molar-refractivity contribution is 6.01. The highest BCUT2D eigenvalue weighted by atomic mass is 19.1. The third-order valence-corrected chi connectivity index (χ3v) is 3.54. The Morgan fingerprint density at radius 3 is 2.67 bits per heavy atom. The van der Waals surface area contributed by atoms with Crippen molar-refractivity contribution in [3.63, 3.8) is 0 Å². The molecule has 1 atom stereocenters. The molecule has 0 aromatic heterocycles. The van der Waals surface area contributed by atoms with E-state index in [1.54, 1.807) is 19.3 Å². The van der Waals surface area contributed by atoms with Crippen molar-refractivity contribution in [1.82, 2.24) is 5.32 Å². The number of hydrogen-bond acceptors (Lipinski definition) is 3.